The Morgan fingerprint density at radius 2 is 1.78 bits per heavy atom. The Bertz CT molecular complexity index is 1270. The van der Waals surface area contributed by atoms with Gasteiger partial charge in [-0.05, 0) is 32.4 Å². The number of aryl methyl sites for hydroxylation is 4. The molecular weight excluding hydrogens is 344 g/mol. The van der Waals surface area contributed by atoms with Crippen LogP contribution in [0.4, 0.5) is 0 Å². The third-order valence-electron chi connectivity index (χ3n) is 4.67. The molecule has 1 aromatic carbocycles. The minimum Gasteiger partial charge on any atom is -0.291 e. The van der Waals surface area contributed by atoms with Gasteiger partial charge in [-0.1, -0.05) is 29.8 Å². The van der Waals surface area contributed by atoms with Gasteiger partial charge < -0.3 is 0 Å². The fraction of sp³-hybridized carbons (Fsp3) is 0.263. The zero-order valence-electron chi connectivity index (χ0n) is 15.6. The molecule has 0 saturated carbocycles. The Hall–Kier alpha value is -3.42. The van der Waals surface area contributed by atoms with E-state index in [1.54, 1.807) is 11.7 Å². The van der Waals surface area contributed by atoms with Crippen molar-refractivity contribution in [2.24, 2.45) is 7.05 Å². The summed E-state index contributed by atoms with van der Waals surface area (Å²) in [7, 11) is 1.56. The number of nitrogens with one attached hydrogen (secondary N) is 1. The van der Waals surface area contributed by atoms with Crippen molar-refractivity contribution in [3.8, 4) is 5.95 Å². The first-order valence-corrected chi connectivity index (χ1v) is 8.64. The van der Waals surface area contributed by atoms with E-state index < -0.39 is 5.56 Å². The largest absolute Gasteiger partial charge is 0.327 e. The fourth-order valence-corrected chi connectivity index (χ4v) is 3.27. The molecule has 0 fully saturated rings. The van der Waals surface area contributed by atoms with Crippen molar-refractivity contribution in [2.45, 2.75) is 27.3 Å². The van der Waals surface area contributed by atoms with Gasteiger partial charge in [0.25, 0.3) is 0 Å². The lowest BCUT2D eigenvalue weighted by molar-refractivity contribution is 0.677. The molecule has 3 aromatic heterocycles. The highest BCUT2D eigenvalue weighted by Gasteiger charge is 2.19. The molecular formula is C19H20N6O2. The minimum absolute atomic E-state index is 0.248. The number of hydrogen-bond donors (Lipinski definition) is 1. The third-order valence-corrected chi connectivity index (χ3v) is 4.67. The molecule has 0 spiro atoms. The van der Waals surface area contributed by atoms with E-state index in [1.165, 1.54) is 4.57 Å². The number of benzene rings is 1. The van der Waals surface area contributed by atoms with Crippen LogP contribution >= 0.6 is 0 Å². The molecule has 0 radical (unpaired) electrons. The molecule has 1 N–H and O–H groups in total. The maximum absolute atomic E-state index is 12.6. The topological polar surface area (TPSA) is 90.5 Å². The van der Waals surface area contributed by atoms with Crippen LogP contribution in [0.15, 0.2) is 39.9 Å². The molecule has 0 aliphatic heterocycles. The standard InChI is InChI=1S/C19H20N6O2/c1-11-5-7-14(8-6-11)10-24-16-15(23(4)19(27)20-16)17(26)21-18(24)25-13(3)9-12(2)22-25/h5-9H,10H2,1-4H3,(H,20,27). The summed E-state index contributed by atoms with van der Waals surface area (Å²) in [4.78, 5) is 31.8. The highest BCUT2D eigenvalue weighted by Crippen LogP contribution is 2.16. The van der Waals surface area contributed by atoms with Gasteiger partial charge >= 0.3 is 11.2 Å². The van der Waals surface area contributed by atoms with Crippen LogP contribution in [0, 0.1) is 20.8 Å². The van der Waals surface area contributed by atoms with E-state index in [9.17, 15) is 9.59 Å². The predicted octanol–water partition coefficient (Wildman–Crippen LogP) is 1.58. The lowest BCUT2D eigenvalue weighted by Gasteiger charge is -2.15. The van der Waals surface area contributed by atoms with E-state index in [4.69, 9.17) is 0 Å². The molecule has 8 nitrogen and oxygen atoms in total. The number of aromatic amines is 1. The summed E-state index contributed by atoms with van der Waals surface area (Å²) in [5, 5.41) is 4.47. The van der Waals surface area contributed by atoms with E-state index >= 15 is 0 Å². The lowest BCUT2D eigenvalue weighted by Crippen LogP contribution is -2.23. The first-order chi connectivity index (χ1) is 12.8. The van der Waals surface area contributed by atoms with Gasteiger partial charge in [0, 0.05) is 12.7 Å². The maximum Gasteiger partial charge on any atom is 0.327 e. The molecule has 3 heterocycles. The number of fused-ring (bicyclic) bond motifs is 1. The van der Waals surface area contributed by atoms with Gasteiger partial charge in [-0.3, -0.25) is 18.9 Å². The van der Waals surface area contributed by atoms with Crippen molar-refractivity contribution >= 4 is 11.2 Å². The number of aromatic nitrogens is 6. The molecule has 4 aromatic rings. The minimum atomic E-state index is -0.464. The SMILES string of the molecule is Cc1ccc(Cn2c(-n3nc(C)cc3C)nc(=O)c3c2[nH]c(=O)n3C)cc1. The smallest absolute Gasteiger partial charge is 0.291 e. The fourth-order valence-electron chi connectivity index (χ4n) is 3.27. The Balaban J connectivity index is 2.04. The molecule has 27 heavy (non-hydrogen) atoms. The molecule has 0 amide bonds. The van der Waals surface area contributed by atoms with Crippen molar-refractivity contribution in [2.75, 3.05) is 0 Å². The zero-order chi connectivity index (χ0) is 19.3. The molecule has 0 bridgehead atoms. The molecule has 138 valence electrons. The second kappa shape index (κ2) is 6.08. The molecule has 4 rings (SSSR count). The van der Waals surface area contributed by atoms with Crippen LogP contribution in [0.1, 0.15) is 22.5 Å². The van der Waals surface area contributed by atoms with Crippen molar-refractivity contribution < 1.29 is 0 Å². The van der Waals surface area contributed by atoms with Crippen LogP contribution in [0.25, 0.3) is 17.1 Å². The first kappa shape index (κ1) is 17.0. The molecule has 0 unspecified atom stereocenters. The summed E-state index contributed by atoms with van der Waals surface area (Å²) in [5.41, 5.74) is 3.73. The van der Waals surface area contributed by atoms with Crippen molar-refractivity contribution in [3.63, 3.8) is 0 Å². The predicted molar refractivity (Wildman–Crippen MR) is 102 cm³/mol. The maximum atomic E-state index is 12.6. The molecule has 0 saturated heterocycles. The molecule has 0 atom stereocenters. The summed E-state index contributed by atoms with van der Waals surface area (Å²) in [6.07, 6.45) is 0. The van der Waals surface area contributed by atoms with E-state index in [0.29, 0.717) is 18.1 Å². The lowest BCUT2D eigenvalue weighted by atomic mass is 10.1. The number of rotatable bonds is 3. The number of imidazole rings is 1. The van der Waals surface area contributed by atoms with Crippen LogP contribution in [0.2, 0.25) is 0 Å². The van der Waals surface area contributed by atoms with Gasteiger partial charge in [0.05, 0.1) is 12.2 Å². The summed E-state index contributed by atoms with van der Waals surface area (Å²) in [5.74, 6) is 0.375. The first-order valence-electron chi connectivity index (χ1n) is 8.64. The summed E-state index contributed by atoms with van der Waals surface area (Å²) >= 11 is 0. The van der Waals surface area contributed by atoms with Crippen molar-refractivity contribution in [1.29, 1.82) is 0 Å². The second-order valence-electron chi connectivity index (χ2n) is 6.81. The van der Waals surface area contributed by atoms with Crippen LogP contribution in [0.5, 0.6) is 0 Å². The van der Waals surface area contributed by atoms with E-state index in [-0.39, 0.29) is 11.2 Å². The normalized spacial score (nSPS) is 11.4. The van der Waals surface area contributed by atoms with Crippen LogP contribution in [0.3, 0.4) is 0 Å². The van der Waals surface area contributed by atoms with E-state index in [0.717, 1.165) is 22.5 Å². The second-order valence-corrected chi connectivity index (χ2v) is 6.81. The Labute approximate surface area is 154 Å². The van der Waals surface area contributed by atoms with Gasteiger partial charge in [0.1, 0.15) is 5.65 Å². The number of hydrogen-bond acceptors (Lipinski definition) is 4. The number of H-pyrrole nitrogens is 1. The monoisotopic (exact) mass is 364 g/mol. The highest BCUT2D eigenvalue weighted by atomic mass is 16.2. The van der Waals surface area contributed by atoms with Gasteiger partial charge in [-0.25, -0.2) is 9.48 Å². The highest BCUT2D eigenvalue weighted by molar-refractivity contribution is 5.71. The molecule has 8 heteroatoms. The Morgan fingerprint density at radius 1 is 1.07 bits per heavy atom. The van der Waals surface area contributed by atoms with Gasteiger partial charge in [-0.15, -0.1) is 0 Å². The quantitative estimate of drug-likeness (QED) is 0.598. The summed E-state index contributed by atoms with van der Waals surface area (Å²) < 4.78 is 4.75. The van der Waals surface area contributed by atoms with Gasteiger partial charge in [0.2, 0.25) is 5.95 Å². The average molecular weight is 364 g/mol. The summed E-state index contributed by atoms with van der Waals surface area (Å²) in [6, 6.07) is 10.0. The van der Waals surface area contributed by atoms with E-state index in [2.05, 4.69) is 15.1 Å². The van der Waals surface area contributed by atoms with Crippen molar-refractivity contribution in [3.05, 3.63) is 73.7 Å². The van der Waals surface area contributed by atoms with E-state index in [1.807, 2.05) is 55.7 Å². The third kappa shape index (κ3) is 2.79. The summed E-state index contributed by atoms with van der Waals surface area (Å²) in [6.45, 7) is 6.26. The zero-order valence-corrected chi connectivity index (χ0v) is 15.6. The van der Waals surface area contributed by atoms with Crippen LogP contribution < -0.4 is 11.2 Å². The van der Waals surface area contributed by atoms with Crippen LogP contribution in [-0.4, -0.2) is 28.9 Å². The molecule has 0 aliphatic rings. The van der Waals surface area contributed by atoms with Crippen molar-refractivity contribution in [1.82, 2.24) is 28.9 Å². The molecule has 0 aliphatic carbocycles. The Kier molecular flexibility index (Phi) is 3.83. The van der Waals surface area contributed by atoms with Crippen LogP contribution in [-0.2, 0) is 13.6 Å². The van der Waals surface area contributed by atoms with Gasteiger partial charge in [-0.2, -0.15) is 10.1 Å². The Morgan fingerprint density at radius 3 is 2.41 bits per heavy atom. The average Bonchev–Trinajstić information content (AvgIpc) is 3.11. The number of nitrogens with zero attached hydrogens (tertiary/aromatic N) is 5. The van der Waals surface area contributed by atoms with Gasteiger partial charge in [0.15, 0.2) is 5.52 Å².